The lowest BCUT2D eigenvalue weighted by Gasteiger charge is -2.19. The Morgan fingerprint density at radius 1 is 0.926 bits per heavy atom. The number of nitrogens with zero attached hydrogens (tertiary/aromatic N) is 1. The summed E-state index contributed by atoms with van der Waals surface area (Å²) < 4.78 is 10.7. The lowest BCUT2D eigenvalue weighted by Crippen LogP contribution is -2.24. The van der Waals surface area contributed by atoms with E-state index < -0.39 is 0 Å². The number of fused-ring (bicyclic) bond motifs is 1. The molecule has 2 heterocycles. The van der Waals surface area contributed by atoms with E-state index in [1.165, 1.54) is 44.3 Å². The maximum atomic E-state index is 12.5. The first-order valence-corrected chi connectivity index (χ1v) is 9.76. The molecule has 0 aliphatic carbocycles. The van der Waals surface area contributed by atoms with Gasteiger partial charge in [-0.25, -0.2) is 0 Å². The monoisotopic (exact) mass is 366 g/mol. The lowest BCUT2D eigenvalue weighted by atomic mass is 10.1. The third-order valence-corrected chi connectivity index (χ3v) is 5.22. The number of amides is 1. The predicted molar refractivity (Wildman–Crippen MR) is 104 cm³/mol. The van der Waals surface area contributed by atoms with Crippen molar-refractivity contribution >= 4 is 5.91 Å². The summed E-state index contributed by atoms with van der Waals surface area (Å²) in [5.41, 5.74) is 2.94. The molecular weight excluding hydrogens is 340 g/mol. The Labute approximate surface area is 160 Å². The summed E-state index contributed by atoms with van der Waals surface area (Å²) in [5, 5.41) is 2.97. The van der Waals surface area contributed by atoms with Crippen molar-refractivity contribution in [1.29, 1.82) is 0 Å². The van der Waals surface area contributed by atoms with Gasteiger partial charge in [-0.2, -0.15) is 0 Å². The molecule has 0 spiro atoms. The molecule has 2 aliphatic rings. The van der Waals surface area contributed by atoms with E-state index in [0.29, 0.717) is 23.6 Å². The number of carbonyl (C=O) groups excluding carboxylic acids is 1. The number of likely N-dealkylation sites (tertiary alicyclic amines) is 1. The number of ether oxygens (including phenoxy) is 2. The Bertz CT molecular complexity index is 781. The Morgan fingerprint density at radius 2 is 1.67 bits per heavy atom. The van der Waals surface area contributed by atoms with Gasteiger partial charge in [0.15, 0.2) is 11.5 Å². The smallest absolute Gasteiger partial charge is 0.255 e. The van der Waals surface area contributed by atoms with Gasteiger partial charge < -0.3 is 14.8 Å². The molecule has 0 unspecified atom stereocenters. The normalized spacial score (nSPS) is 16.7. The number of benzene rings is 2. The van der Waals surface area contributed by atoms with E-state index in [4.69, 9.17) is 9.47 Å². The van der Waals surface area contributed by atoms with Crippen molar-refractivity contribution in [2.45, 2.75) is 38.8 Å². The summed E-state index contributed by atoms with van der Waals surface area (Å²) in [4.78, 5) is 15.0. The van der Waals surface area contributed by atoms with Crippen LogP contribution in [0.5, 0.6) is 11.5 Å². The van der Waals surface area contributed by atoms with Crippen LogP contribution in [0.4, 0.5) is 0 Å². The van der Waals surface area contributed by atoms with Gasteiger partial charge in [0.05, 0.1) is 5.56 Å². The predicted octanol–water partition coefficient (Wildman–Crippen LogP) is 3.72. The molecule has 4 rings (SSSR count). The lowest BCUT2D eigenvalue weighted by molar-refractivity contribution is 0.0946. The van der Waals surface area contributed by atoms with Crippen molar-refractivity contribution in [3.05, 3.63) is 59.2 Å². The summed E-state index contributed by atoms with van der Waals surface area (Å²) in [6, 6.07) is 13.9. The molecule has 2 aromatic rings. The van der Waals surface area contributed by atoms with Crippen LogP contribution in [-0.4, -0.2) is 30.7 Å². The highest BCUT2D eigenvalue weighted by molar-refractivity contribution is 5.97. The molecule has 0 saturated carbocycles. The molecule has 1 fully saturated rings. The fourth-order valence-electron chi connectivity index (χ4n) is 3.70. The zero-order chi connectivity index (χ0) is 18.5. The molecule has 2 aliphatic heterocycles. The van der Waals surface area contributed by atoms with Gasteiger partial charge in [-0.3, -0.25) is 9.69 Å². The molecule has 1 N–H and O–H groups in total. The molecule has 0 aromatic heterocycles. The van der Waals surface area contributed by atoms with Gasteiger partial charge in [0.25, 0.3) is 5.91 Å². The molecule has 5 heteroatoms. The molecule has 2 aromatic carbocycles. The van der Waals surface area contributed by atoms with Gasteiger partial charge in [0, 0.05) is 13.1 Å². The highest BCUT2D eigenvalue weighted by Crippen LogP contribution is 2.35. The molecule has 142 valence electrons. The van der Waals surface area contributed by atoms with E-state index >= 15 is 0 Å². The molecule has 1 amide bonds. The average Bonchev–Trinajstić information content (AvgIpc) is 3.04. The second-order valence-corrected chi connectivity index (χ2v) is 7.23. The second-order valence-electron chi connectivity index (χ2n) is 7.23. The Hall–Kier alpha value is -2.53. The van der Waals surface area contributed by atoms with Gasteiger partial charge in [0.1, 0.15) is 0 Å². The summed E-state index contributed by atoms with van der Waals surface area (Å²) in [7, 11) is 0. The zero-order valence-corrected chi connectivity index (χ0v) is 15.6. The van der Waals surface area contributed by atoms with Crippen molar-refractivity contribution in [2.75, 3.05) is 19.9 Å². The number of hydrogen-bond acceptors (Lipinski definition) is 4. The van der Waals surface area contributed by atoms with Crippen LogP contribution in [-0.2, 0) is 13.1 Å². The highest BCUT2D eigenvalue weighted by Gasteiger charge is 2.21. The van der Waals surface area contributed by atoms with E-state index in [1.807, 2.05) is 6.07 Å². The van der Waals surface area contributed by atoms with E-state index in [2.05, 4.69) is 34.5 Å². The average molecular weight is 366 g/mol. The third kappa shape index (κ3) is 4.42. The number of para-hydroxylation sites is 1. The van der Waals surface area contributed by atoms with Crippen LogP contribution < -0.4 is 14.8 Å². The number of carbonyl (C=O) groups is 1. The van der Waals surface area contributed by atoms with E-state index in [0.717, 1.165) is 12.1 Å². The molecule has 0 radical (unpaired) electrons. The second kappa shape index (κ2) is 8.44. The minimum atomic E-state index is -0.147. The largest absolute Gasteiger partial charge is 0.454 e. The Balaban J connectivity index is 1.32. The summed E-state index contributed by atoms with van der Waals surface area (Å²) in [6.45, 7) is 4.07. The maximum Gasteiger partial charge on any atom is 0.255 e. The topological polar surface area (TPSA) is 50.8 Å². The maximum absolute atomic E-state index is 12.5. The summed E-state index contributed by atoms with van der Waals surface area (Å²) in [5.74, 6) is 1.01. The van der Waals surface area contributed by atoms with Crippen LogP contribution in [0.25, 0.3) is 0 Å². The van der Waals surface area contributed by atoms with Crippen molar-refractivity contribution in [3.63, 3.8) is 0 Å². The minimum absolute atomic E-state index is 0.147. The molecule has 27 heavy (non-hydrogen) atoms. The number of rotatable bonds is 5. The third-order valence-electron chi connectivity index (χ3n) is 5.22. The highest BCUT2D eigenvalue weighted by atomic mass is 16.7. The zero-order valence-electron chi connectivity index (χ0n) is 15.6. The molecule has 0 bridgehead atoms. The van der Waals surface area contributed by atoms with Crippen LogP contribution in [0, 0.1) is 0 Å². The Morgan fingerprint density at radius 3 is 2.44 bits per heavy atom. The van der Waals surface area contributed by atoms with Crippen LogP contribution in [0.1, 0.15) is 47.2 Å². The van der Waals surface area contributed by atoms with E-state index in [-0.39, 0.29) is 12.7 Å². The Kier molecular flexibility index (Phi) is 5.58. The minimum Gasteiger partial charge on any atom is -0.454 e. The molecule has 0 atom stereocenters. The first-order chi connectivity index (χ1) is 13.3. The summed E-state index contributed by atoms with van der Waals surface area (Å²) in [6.07, 6.45) is 5.33. The van der Waals surface area contributed by atoms with Crippen molar-refractivity contribution in [3.8, 4) is 11.5 Å². The molecular formula is C22H26N2O3. The van der Waals surface area contributed by atoms with Crippen LogP contribution >= 0.6 is 0 Å². The van der Waals surface area contributed by atoms with Gasteiger partial charge in [-0.1, -0.05) is 43.2 Å². The van der Waals surface area contributed by atoms with Crippen LogP contribution in [0.2, 0.25) is 0 Å². The first kappa shape index (κ1) is 17.9. The van der Waals surface area contributed by atoms with Crippen molar-refractivity contribution in [1.82, 2.24) is 10.2 Å². The van der Waals surface area contributed by atoms with Crippen LogP contribution in [0.3, 0.4) is 0 Å². The first-order valence-electron chi connectivity index (χ1n) is 9.76. The standard InChI is InChI=1S/C22H26N2O3/c25-22(19-6-5-7-20-21(19)27-16-26-20)23-14-17-8-10-18(11-9-17)15-24-12-3-1-2-4-13-24/h5-11H,1-4,12-16H2,(H,23,25). The van der Waals surface area contributed by atoms with Crippen molar-refractivity contribution in [2.24, 2.45) is 0 Å². The summed E-state index contributed by atoms with van der Waals surface area (Å²) >= 11 is 0. The number of nitrogens with one attached hydrogen (secondary N) is 1. The van der Waals surface area contributed by atoms with Crippen LogP contribution in [0.15, 0.2) is 42.5 Å². The fraction of sp³-hybridized carbons (Fsp3) is 0.409. The molecule has 1 saturated heterocycles. The van der Waals surface area contributed by atoms with Gasteiger partial charge in [-0.15, -0.1) is 0 Å². The molecule has 5 nitrogen and oxygen atoms in total. The SMILES string of the molecule is O=C(NCc1ccc(CN2CCCCCC2)cc1)c1cccc2c1OCO2. The van der Waals surface area contributed by atoms with E-state index in [1.54, 1.807) is 12.1 Å². The van der Waals surface area contributed by atoms with Crippen molar-refractivity contribution < 1.29 is 14.3 Å². The van der Waals surface area contributed by atoms with Gasteiger partial charge in [0.2, 0.25) is 6.79 Å². The van der Waals surface area contributed by atoms with E-state index in [9.17, 15) is 4.79 Å². The quantitative estimate of drug-likeness (QED) is 0.876. The van der Waals surface area contributed by atoms with Gasteiger partial charge in [-0.05, 0) is 49.2 Å². The fourth-order valence-corrected chi connectivity index (χ4v) is 3.70. The van der Waals surface area contributed by atoms with Gasteiger partial charge >= 0.3 is 0 Å². The number of hydrogen-bond donors (Lipinski definition) is 1.